The van der Waals surface area contributed by atoms with E-state index in [9.17, 15) is 35.9 Å². The van der Waals surface area contributed by atoms with Gasteiger partial charge in [-0.25, -0.2) is 4.79 Å². The minimum absolute atomic E-state index is 0.0185. The van der Waals surface area contributed by atoms with Crippen LogP contribution in [0.2, 0.25) is 0 Å². The zero-order valence-corrected chi connectivity index (χ0v) is 18.6. The molecule has 0 aliphatic heterocycles. The summed E-state index contributed by atoms with van der Waals surface area (Å²) < 4.78 is 85.0. The number of anilines is 1. The number of amides is 1. The summed E-state index contributed by atoms with van der Waals surface area (Å²) in [7, 11) is 0. The molecule has 0 saturated carbocycles. The molecule has 0 spiro atoms. The molecule has 2 heterocycles. The number of rotatable bonds is 6. The lowest BCUT2D eigenvalue weighted by Crippen LogP contribution is -2.28. The van der Waals surface area contributed by atoms with E-state index < -0.39 is 40.8 Å². The van der Waals surface area contributed by atoms with E-state index in [-0.39, 0.29) is 18.4 Å². The maximum absolute atomic E-state index is 13.0. The molecule has 0 bridgehead atoms. The fourth-order valence-electron chi connectivity index (χ4n) is 3.79. The summed E-state index contributed by atoms with van der Waals surface area (Å²) in [4.78, 5) is 29.0. The Labute approximate surface area is 198 Å². The molecule has 0 radical (unpaired) electrons. The monoisotopic (exact) mass is 517 g/mol. The molecule has 0 fully saturated rings. The van der Waals surface area contributed by atoms with Crippen LogP contribution in [-0.2, 0) is 36.5 Å². The number of hydrogen-bond acceptors (Lipinski definition) is 5. The first kappa shape index (κ1) is 24.9. The van der Waals surface area contributed by atoms with Gasteiger partial charge in [-0.05, 0) is 49.6 Å². The van der Waals surface area contributed by atoms with E-state index in [4.69, 9.17) is 4.42 Å². The van der Waals surface area contributed by atoms with Gasteiger partial charge in [-0.3, -0.25) is 9.36 Å². The van der Waals surface area contributed by atoms with Gasteiger partial charge in [-0.1, -0.05) is 11.8 Å². The zero-order valence-electron chi connectivity index (χ0n) is 17.8. The summed E-state index contributed by atoms with van der Waals surface area (Å²) in [6.07, 6.45) is -6.56. The van der Waals surface area contributed by atoms with Crippen molar-refractivity contribution in [3.63, 3.8) is 0 Å². The van der Waals surface area contributed by atoms with E-state index in [1.807, 2.05) is 0 Å². The second kappa shape index (κ2) is 9.44. The van der Waals surface area contributed by atoms with Crippen LogP contribution >= 0.6 is 11.8 Å². The van der Waals surface area contributed by atoms with Gasteiger partial charge >= 0.3 is 18.0 Å². The molecule has 3 aromatic rings. The highest BCUT2D eigenvalue weighted by Gasteiger charge is 2.37. The molecular formula is C22H17F6N3O3S. The summed E-state index contributed by atoms with van der Waals surface area (Å²) in [5.74, 6) is -0.628. The molecule has 2 aromatic heterocycles. The van der Waals surface area contributed by atoms with Crippen LogP contribution in [0.4, 0.5) is 32.0 Å². The van der Waals surface area contributed by atoms with E-state index in [1.54, 1.807) is 12.1 Å². The normalized spacial score (nSPS) is 13.7. The molecule has 186 valence electrons. The van der Waals surface area contributed by atoms with Crippen molar-refractivity contribution in [2.75, 3.05) is 11.1 Å². The minimum atomic E-state index is -5.03. The fourth-order valence-corrected chi connectivity index (χ4v) is 4.66. The fraction of sp³-hybridized carbons (Fsp3) is 0.318. The number of aromatic nitrogens is 2. The van der Waals surface area contributed by atoms with E-state index in [1.165, 1.54) is 10.8 Å². The number of halogens is 6. The summed E-state index contributed by atoms with van der Waals surface area (Å²) in [5, 5.41) is 2.39. The third kappa shape index (κ3) is 5.72. The largest absolute Gasteiger partial charge is 0.467 e. The average molecular weight is 517 g/mol. The molecule has 0 atom stereocenters. The summed E-state index contributed by atoms with van der Waals surface area (Å²) in [5.41, 5.74) is -2.70. The molecule has 1 aromatic carbocycles. The number of nitrogens with zero attached hydrogens (tertiary/aromatic N) is 2. The smallest absolute Gasteiger partial charge is 0.416 e. The number of alkyl halides is 6. The van der Waals surface area contributed by atoms with E-state index in [2.05, 4.69) is 10.3 Å². The van der Waals surface area contributed by atoms with Gasteiger partial charge in [0.05, 0.1) is 29.7 Å². The van der Waals surface area contributed by atoms with Crippen molar-refractivity contribution in [1.29, 1.82) is 0 Å². The topological polar surface area (TPSA) is 77.1 Å². The van der Waals surface area contributed by atoms with Crippen LogP contribution in [0, 0.1) is 0 Å². The number of fused-ring (bicyclic) bond motifs is 1. The molecule has 4 rings (SSSR count). The highest BCUT2D eigenvalue weighted by molar-refractivity contribution is 8.00. The third-order valence-electron chi connectivity index (χ3n) is 5.31. The van der Waals surface area contributed by atoms with Crippen molar-refractivity contribution in [3.05, 3.63) is 75.2 Å². The second-order valence-corrected chi connectivity index (χ2v) is 8.74. The average Bonchev–Trinajstić information content (AvgIpc) is 3.45. The standard InChI is InChI=1S/C22H17F6N3O3S/c23-21(24,25)12-7-13(22(26,27)28)9-14(8-12)29-18(32)11-35-19-16-4-1-5-17(16)31(20(33)30-19)10-15-3-2-6-34-15/h2-3,6-9H,1,4-5,10-11H2,(H,29,32). The number of carbonyl (C=O) groups is 1. The van der Waals surface area contributed by atoms with E-state index in [0.717, 1.165) is 29.4 Å². The van der Waals surface area contributed by atoms with E-state index in [0.29, 0.717) is 35.8 Å². The molecule has 35 heavy (non-hydrogen) atoms. The van der Waals surface area contributed by atoms with E-state index >= 15 is 0 Å². The van der Waals surface area contributed by atoms with Gasteiger partial charge in [0.15, 0.2) is 0 Å². The molecule has 1 amide bonds. The lowest BCUT2D eigenvalue weighted by atomic mass is 10.1. The van der Waals surface area contributed by atoms with Crippen LogP contribution < -0.4 is 11.0 Å². The predicted octanol–water partition coefficient (Wildman–Crippen LogP) is 5.14. The third-order valence-corrected chi connectivity index (χ3v) is 6.32. The Kier molecular flexibility index (Phi) is 6.71. The van der Waals surface area contributed by atoms with Crippen molar-refractivity contribution < 1.29 is 35.6 Å². The summed E-state index contributed by atoms with van der Waals surface area (Å²) >= 11 is 0.899. The quantitative estimate of drug-likeness (QED) is 0.278. The Morgan fingerprint density at radius 3 is 2.37 bits per heavy atom. The SMILES string of the molecule is O=C(CSc1nc(=O)n(Cc2ccco2)c2c1CCC2)Nc1cc(C(F)(F)F)cc(C(F)(F)F)c1. The van der Waals surface area contributed by atoms with Gasteiger partial charge < -0.3 is 9.73 Å². The number of nitrogens with one attached hydrogen (secondary N) is 1. The van der Waals surface area contributed by atoms with Crippen LogP contribution in [0.25, 0.3) is 0 Å². The molecule has 0 unspecified atom stereocenters. The number of carbonyl (C=O) groups excluding carboxylic acids is 1. The van der Waals surface area contributed by atoms with Gasteiger partial charge in [0.1, 0.15) is 10.8 Å². The maximum atomic E-state index is 13.0. The van der Waals surface area contributed by atoms with Crippen LogP contribution in [-0.4, -0.2) is 21.2 Å². The maximum Gasteiger partial charge on any atom is 0.416 e. The summed E-state index contributed by atoms with van der Waals surface area (Å²) in [6.45, 7) is 0.198. The van der Waals surface area contributed by atoms with Crippen LogP contribution in [0.1, 0.15) is 34.6 Å². The Morgan fingerprint density at radius 1 is 1.09 bits per heavy atom. The number of thioether (sulfide) groups is 1. The Hall–Kier alpha value is -3.22. The number of furan rings is 1. The van der Waals surface area contributed by atoms with Crippen LogP contribution in [0.5, 0.6) is 0 Å². The molecule has 1 N–H and O–H groups in total. The van der Waals surface area contributed by atoms with Gasteiger partial charge in [-0.15, -0.1) is 0 Å². The predicted molar refractivity (Wildman–Crippen MR) is 114 cm³/mol. The Balaban J connectivity index is 1.51. The van der Waals surface area contributed by atoms with Gasteiger partial charge in [0.25, 0.3) is 0 Å². The first-order chi connectivity index (χ1) is 16.4. The van der Waals surface area contributed by atoms with Crippen molar-refractivity contribution in [3.8, 4) is 0 Å². The van der Waals surface area contributed by atoms with Gasteiger partial charge in [0.2, 0.25) is 5.91 Å². The van der Waals surface area contributed by atoms with Gasteiger partial charge in [0, 0.05) is 16.9 Å². The number of hydrogen-bond donors (Lipinski definition) is 1. The van der Waals surface area contributed by atoms with Gasteiger partial charge in [-0.2, -0.15) is 31.3 Å². The molecule has 13 heteroatoms. The minimum Gasteiger partial charge on any atom is -0.467 e. The van der Waals surface area contributed by atoms with Crippen molar-refractivity contribution in [2.24, 2.45) is 0 Å². The lowest BCUT2D eigenvalue weighted by molar-refractivity contribution is -0.143. The molecule has 6 nitrogen and oxygen atoms in total. The number of benzene rings is 1. The highest BCUT2D eigenvalue weighted by atomic mass is 32.2. The van der Waals surface area contributed by atoms with Crippen LogP contribution in [0.3, 0.4) is 0 Å². The van der Waals surface area contributed by atoms with Crippen molar-refractivity contribution >= 4 is 23.4 Å². The molecule has 1 aliphatic carbocycles. The zero-order chi connectivity index (χ0) is 25.4. The highest BCUT2D eigenvalue weighted by Crippen LogP contribution is 2.37. The second-order valence-electron chi connectivity index (χ2n) is 7.78. The Morgan fingerprint density at radius 2 is 1.77 bits per heavy atom. The summed E-state index contributed by atoms with van der Waals surface area (Å²) in [6, 6.07) is 4.26. The molecule has 1 aliphatic rings. The molecular weight excluding hydrogens is 500 g/mol. The first-order valence-corrected chi connectivity index (χ1v) is 11.3. The van der Waals surface area contributed by atoms with Crippen molar-refractivity contribution in [1.82, 2.24) is 9.55 Å². The first-order valence-electron chi connectivity index (χ1n) is 10.3. The lowest BCUT2D eigenvalue weighted by Gasteiger charge is -2.15. The Bertz CT molecular complexity index is 1270. The van der Waals surface area contributed by atoms with Crippen molar-refractivity contribution in [2.45, 2.75) is 43.2 Å². The molecule has 0 saturated heterocycles. The van der Waals surface area contributed by atoms with Crippen LogP contribution in [0.15, 0.2) is 50.8 Å².